The van der Waals surface area contributed by atoms with Gasteiger partial charge in [0.15, 0.2) is 0 Å². The maximum Gasteiger partial charge on any atom is 0.408 e. The molecule has 1 N–H and O–H groups in total. The Morgan fingerprint density at radius 3 is 1.92 bits per heavy atom. The summed E-state index contributed by atoms with van der Waals surface area (Å²) in [5.41, 5.74) is 0.922. The molecule has 0 heterocycles. The molecule has 1 atom stereocenters. The van der Waals surface area contributed by atoms with Crippen LogP contribution in [0.15, 0.2) is 4.40 Å². The van der Waals surface area contributed by atoms with Gasteiger partial charge in [0.1, 0.15) is 21.7 Å². The minimum atomic E-state index is -1.18. The number of hydrogen-bond donors (Lipinski definition) is 1. The SMILES string of the molecule is CC(=N[S+]([O-])C(C)(C)C)C12C3C4C1C1C2C3C41NC(=O)OC(C)(C)C. The maximum atomic E-state index is 12.4. The molecule has 6 aliphatic carbocycles. The normalized spacial score (nSPS) is 51.8. The molecule has 1 unspecified atom stereocenters. The average Bonchev–Trinajstić information content (AvgIpc) is 2.44. The van der Waals surface area contributed by atoms with Crippen LogP contribution < -0.4 is 5.32 Å². The van der Waals surface area contributed by atoms with Gasteiger partial charge in [0.05, 0.1) is 11.3 Å². The summed E-state index contributed by atoms with van der Waals surface area (Å²) in [6.45, 7) is 13.7. The fourth-order valence-electron chi connectivity index (χ4n) is 7.32. The highest BCUT2D eigenvalue weighted by Crippen LogP contribution is 3.07. The second-order valence-electron chi connectivity index (χ2n) is 10.7. The number of ether oxygens (including phenoxy) is 1. The van der Waals surface area contributed by atoms with Crippen molar-refractivity contribution in [2.75, 3.05) is 0 Å². The van der Waals surface area contributed by atoms with Crippen LogP contribution in [0.3, 0.4) is 0 Å². The highest BCUT2D eigenvalue weighted by atomic mass is 32.2. The first kappa shape index (κ1) is 16.4. The van der Waals surface area contributed by atoms with Gasteiger partial charge in [0, 0.05) is 5.41 Å². The van der Waals surface area contributed by atoms with Crippen LogP contribution in [0.25, 0.3) is 0 Å². The molecule has 0 bridgehead atoms. The summed E-state index contributed by atoms with van der Waals surface area (Å²) in [6, 6.07) is 0. The highest BCUT2D eigenvalue weighted by molar-refractivity contribution is 7.91. The van der Waals surface area contributed by atoms with Gasteiger partial charge < -0.3 is 14.6 Å². The van der Waals surface area contributed by atoms with Crippen molar-refractivity contribution in [3.8, 4) is 0 Å². The molecule has 0 radical (unpaired) electrons. The molecule has 6 aliphatic rings. The van der Waals surface area contributed by atoms with E-state index in [9.17, 15) is 9.35 Å². The fraction of sp³-hybridized carbons (Fsp3) is 0.895. The van der Waals surface area contributed by atoms with E-state index >= 15 is 0 Å². The highest BCUT2D eigenvalue weighted by Gasteiger charge is 3.11. The monoisotopic (exact) mass is 364 g/mol. The molecule has 0 spiro atoms. The molecule has 1 amide bonds. The number of nitrogens with zero attached hydrogens (tertiary/aromatic N) is 1. The Labute approximate surface area is 152 Å². The zero-order chi connectivity index (χ0) is 18.3. The van der Waals surface area contributed by atoms with E-state index in [0.717, 1.165) is 5.71 Å². The summed E-state index contributed by atoms with van der Waals surface area (Å²) < 4.78 is 22.2. The van der Waals surface area contributed by atoms with Crippen LogP contribution in [0.2, 0.25) is 0 Å². The van der Waals surface area contributed by atoms with Gasteiger partial charge >= 0.3 is 6.09 Å². The Balaban J connectivity index is 1.29. The first-order valence-electron chi connectivity index (χ1n) is 9.37. The van der Waals surface area contributed by atoms with E-state index in [0.29, 0.717) is 35.5 Å². The minimum absolute atomic E-state index is 0.0353. The number of carbonyl (C=O) groups is 1. The predicted molar refractivity (Wildman–Crippen MR) is 96.5 cm³/mol. The van der Waals surface area contributed by atoms with E-state index in [1.165, 1.54) is 0 Å². The second kappa shape index (κ2) is 4.06. The Bertz CT molecular complexity index is 664. The van der Waals surface area contributed by atoms with E-state index < -0.39 is 17.0 Å². The van der Waals surface area contributed by atoms with Gasteiger partial charge in [-0.05, 0) is 84.0 Å². The average molecular weight is 365 g/mol. The van der Waals surface area contributed by atoms with E-state index in [-0.39, 0.29) is 21.8 Å². The number of alkyl carbamates (subject to hydrolysis) is 1. The van der Waals surface area contributed by atoms with Crippen LogP contribution in [-0.4, -0.2) is 32.2 Å². The van der Waals surface area contributed by atoms with Gasteiger partial charge in [-0.3, -0.25) is 0 Å². The third-order valence-electron chi connectivity index (χ3n) is 7.72. The Hall–Kier alpha value is -0.750. The van der Waals surface area contributed by atoms with Crippen molar-refractivity contribution in [2.24, 2.45) is 45.3 Å². The van der Waals surface area contributed by atoms with Crippen LogP contribution in [0.5, 0.6) is 0 Å². The lowest BCUT2D eigenvalue weighted by atomic mass is 8.93. The number of amides is 1. The molecule has 6 rings (SSSR count). The summed E-state index contributed by atoms with van der Waals surface area (Å²) in [5.74, 6) is 3.78. The molecular weight excluding hydrogens is 336 g/mol. The fourth-order valence-corrected chi connectivity index (χ4v) is 8.00. The van der Waals surface area contributed by atoms with E-state index in [1.807, 2.05) is 41.5 Å². The summed E-state index contributed by atoms with van der Waals surface area (Å²) in [7, 11) is 0. The molecule has 0 aromatic carbocycles. The van der Waals surface area contributed by atoms with Gasteiger partial charge in [0.25, 0.3) is 0 Å². The molecule has 5 nitrogen and oxygen atoms in total. The minimum Gasteiger partial charge on any atom is -0.591 e. The summed E-state index contributed by atoms with van der Waals surface area (Å²) in [6.07, 6.45) is -0.267. The zero-order valence-corrected chi connectivity index (χ0v) is 16.9. The summed E-state index contributed by atoms with van der Waals surface area (Å²) >= 11 is -1.18. The number of hydrogen-bond acceptors (Lipinski definition) is 4. The Kier molecular flexibility index (Phi) is 2.67. The zero-order valence-electron chi connectivity index (χ0n) is 16.0. The second-order valence-corrected chi connectivity index (χ2v) is 12.6. The smallest absolute Gasteiger partial charge is 0.408 e. The summed E-state index contributed by atoms with van der Waals surface area (Å²) in [4.78, 5) is 12.2. The Morgan fingerprint density at radius 1 is 1.04 bits per heavy atom. The van der Waals surface area contributed by atoms with Crippen LogP contribution in [0, 0.1) is 40.9 Å². The molecule has 0 aromatic rings. The summed E-state index contributed by atoms with van der Waals surface area (Å²) in [5, 5.41) is 3.22. The molecule has 0 aliphatic heterocycles. The first-order valence-corrected chi connectivity index (χ1v) is 10.5. The molecule has 6 saturated carbocycles. The molecule has 0 saturated heterocycles. The van der Waals surface area contributed by atoms with Gasteiger partial charge in [-0.25, -0.2) is 4.79 Å². The third-order valence-corrected chi connectivity index (χ3v) is 9.21. The van der Waals surface area contributed by atoms with Crippen molar-refractivity contribution in [1.29, 1.82) is 0 Å². The maximum absolute atomic E-state index is 12.4. The van der Waals surface area contributed by atoms with Gasteiger partial charge in [-0.15, -0.1) is 0 Å². The number of rotatable bonds is 3. The van der Waals surface area contributed by atoms with Crippen molar-refractivity contribution in [1.82, 2.24) is 5.32 Å². The molecule has 25 heavy (non-hydrogen) atoms. The number of carbonyl (C=O) groups excluding carboxylic acids is 1. The number of nitrogens with one attached hydrogen (secondary N) is 1. The van der Waals surface area contributed by atoms with Crippen LogP contribution in [0.1, 0.15) is 48.5 Å². The van der Waals surface area contributed by atoms with Crippen molar-refractivity contribution >= 4 is 23.2 Å². The van der Waals surface area contributed by atoms with Crippen LogP contribution >= 0.6 is 0 Å². The van der Waals surface area contributed by atoms with Crippen LogP contribution in [-0.2, 0) is 16.1 Å². The quantitative estimate of drug-likeness (QED) is 0.618. The Morgan fingerprint density at radius 2 is 1.52 bits per heavy atom. The van der Waals surface area contributed by atoms with Crippen molar-refractivity contribution in [2.45, 2.75) is 64.4 Å². The van der Waals surface area contributed by atoms with E-state index in [4.69, 9.17) is 4.74 Å². The van der Waals surface area contributed by atoms with E-state index in [1.54, 1.807) is 0 Å². The first-order chi connectivity index (χ1) is 11.4. The van der Waals surface area contributed by atoms with Gasteiger partial charge in [-0.1, -0.05) is 4.40 Å². The molecule has 138 valence electrons. The van der Waals surface area contributed by atoms with Crippen molar-refractivity contribution in [3.63, 3.8) is 0 Å². The largest absolute Gasteiger partial charge is 0.591 e. The predicted octanol–water partition coefficient (Wildman–Crippen LogP) is 2.92. The molecule has 6 fully saturated rings. The topological polar surface area (TPSA) is 73.8 Å². The van der Waals surface area contributed by atoms with Crippen LogP contribution in [0.4, 0.5) is 4.79 Å². The van der Waals surface area contributed by atoms with Crippen molar-refractivity contribution < 1.29 is 14.1 Å². The standard InChI is InChI=1S/C19H28N2O3S/c1-8(21-25(23)17(5,6)7)18-9-12-10(18)14-11(18)13(9)19(12,14)20-15(22)24-16(2,3)4/h9-14H,1-7H3,(H,20,22). The molecular formula is C19H28N2O3S. The van der Waals surface area contributed by atoms with Gasteiger partial charge in [-0.2, -0.15) is 0 Å². The lowest BCUT2D eigenvalue weighted by Crippen LogP contribution is -3.16. The molecule has 6 heteroatoms. The van der Waals surface area contributed by atoms with Crippen molar-refractivity contribution in [3.05, 3.63) is 0 Å². The molecule has 0 aromatic heterocycles. The lowest BCUT2D eigenvalue weighted by molar-refractivity contribution is -0.602. The van der Waals surface area contributed by atoms with E-state index in [2.05, 4.69) is 16.6 Å². The van der Waals surface area contributed by atoms with Gasteiger partial charge in [0.2, 0.25) is 0 Å². The lowest BCUT2D eigenvalue weighted by Gasteiger charge is -3.10. The third kappa shape index (κ3) is 1.44.